The maximum Gasteiger partial charge on any atom is 0.416 e. The average Bonchev–Trinajstić information content (AvgIpc) is 2.49. The number of nitrogens with zero attached hydrogens (tertiary/aromatic N) is 2. The third-order valence-corrected chi connectivity index (χ3v) is 2.90. The van der Waals surface area contributed by atoms with Gasteiger partial charge in [-0.25, -0.2) is 8.78 Å². The topological polar surface area (TPSA) is 67.5 Å². The standard InChI is InChI=1S/C14H8F5N3O2/c15-10-2-1-3-11(16)9(10)7-20-21-12-5-4-8(14(17,18)19)6-13(12)22(23)24/h1-7,21H/b20-7-. The Morgan fingerprint density at radius 2 is 1.75 bits per heavy atom. The van der Waals surface area contributed by atoms with Gasteiger partial charge in [-0.15, -0.1) is 0 Å². The number of nitrogens with one attached hydrogen (secondary N) is 1. The molecule has 126 valence electrons. The molecule has 2 rings (SSSR count). The molecule has 2 aromatic rings. The molecule has 0 amide bonds. The minimum Gasteiger partial charge on any atom is -0.272 e. The molecule has 1 N–H and O–H groups in total. The Bertz CT molecular complexity index is 785. The van der Waals surface area contributed by atoms with Gasteiger partial charge in [-0.1, -0.05) is 6.07 Å². The lowest BCUT2D eigenvalue weighted by Crippen LogP contribution is -2.07. The molecule has 0 aliphatic rings. The Hall–Kier alpha value is -3.04. The molecule has 0 unspecified atom stereocenters. The molecule has 0 atom stereocenters. The summed E-state index contributed by atoms with van der Waals surface area (Å²) in [6.07, 6.45) is -4.02. The van der Waals surface area contributed by atoms with Crippen molar-refractivity contribution in [3.63, 3.8) is 0 Å². The van der Waals surface area contributed by atoms with E-state index < -0.39 is 39.5 Å². The van der Waals surface area contributed by atoms with Gasteiger partial charge in [0.15, 0.2) is 0 Å². The Balaban J connectivity index is 2.30. The van der Waals surface area contributed by atoms with Crippen LogP contribution in [-0.4, -0.2) is 11.1 Å². The Morgan fingerprint density at radius 1 is 1.12 bits per heavy atom. The number of benzene rings is 2. The molecule has 0 radical (unpaired) electrons. The Labute approximate surface area is 131 Å². The van der Waals surface area contributed by atoms with Crippen LogP contribution in [0, 0.1) is 21.7 Å². The first kappa shape index (κ1) is 17.3. The van der Waals surface area contributed by atoms with Gasteiger partial charge in [0.05, 0.1) is 22.3 Å². The van der Waals surface area contributed by atoms with E-state index in [2.05, 4.69) is 10.5 Å². The molecular weight excluding hydrogens is 337 g/mol. The van der Waals surface area contributed by atoms with Crippen LogP contribution in [0.1, 0.15) is 11.1 Å². The van der Waals surface area contributed by atoms with Crippen molar-refractivity contribution in [3.05, 3.63) is 69.3 Å². The molecule has 0 saturated carbocycles. The summed E-state index contributed by atoms with van der Waals surface area (Å²) >= 11 is 0. The molecule has 0 heterocycles. The molecule has 24 heavy (non-hydrogen) atoms. The second-order valence-corrected chi connectivity index (χ2v) is 4.49. The van der Waals surface area contributed by atoms with Crippen LogP contribution in [0.25, 0.3) is 0 Å². The van der Waals surface area contributed by atoms with Crippen molar-refractivity contribution in [3.8, 4) is 0 Å². The van der Waals surface area contributed by atoms with Gasteiger partial charge in [-0.2, -0.15) is 18.3 Å². The van der Waals surface area contributed by atoms with E-state index >= 15 is 0 Å². The van der Waals surface area contributed by atoms with E-state index in [4.69, 9.17) is 0 Å². The van der Waals surface area contributed by atoms with Crippen LogP contribution in [-0.2, 0) is 6.18 Å². The quantitative estimate of drug-likeness (QED) is 0.388. The van der Waals surface area contributed by atoms with Gasteiger partial charge < -0.3 is 0 Å². The maximum atomic E-state index is 13.4. The first-order valence-corrected chi connectivity index (χ1v) is 6.29. The van der Waals surface area contributed by atoms with Crippen LogP contribution < -0.4 is 5.43 Å². The fraction of sp³-hybridized carbons (Fsp3) is 0.0714. The smallest absolute Gasteiger partial charge is 0.272 e. The number of alkyl halides is 3. The van der Waals surface area contributed by atoms with E-state index in [0.717, 1.165) is 30.5 Å². The first-order valence-electron chi connectivity index (χ1n) is 6.29. The molecule has 0 saturated heterocycles. The molecule has 0 fully saturated rings. The first-order chi connectivity index (χ1) is 11.2. The van der Waals surface area contributed by atoms with E-state index in [0.29, 0.717) is 12.1 Å². The number of halogens is 5. The predicted octanol–water partition coefficient (Wildman–Crippen LogP) is 4.34. The SMILES string of the molecule is O=[N+]([O-])c1cc(C(F)(F)F)ccc1N/N=C\c1c(F)cccc1F. The summed E-state index contributed by atoms with van der Waals surface area (Å²) < 4.78 is 64.5. The molecule has 5 nitrogen and oxygen atoms in total. The van der Waals surface area contributed by atoms with Gasteiger partial charge in [0.2, 0.25) is 0 Å². The normalized spacial score (nSPS) is 11.7. The number of hydrogen-bond acceptors (Lipinski definition) is 4. The van der Waals surface area contributed by atoms with Crippen LogP contribution in [0.15, 0.2) is 41.5 Å². The molecular formula is C14H8F5N3O2. The molecule has 0 aliphatic carbocycles. The number of anilines is 1. The van der Waals surface area contributed by atoms with Gasteiger partial charge in [-0.3, -0.25) is 15.5 Å². The largest absolute Gasteiger partial charge is 0.416 e. The van der Waals surface area contributed by atoms with Crippen molar-refractivity contribution in [2.75, 3.05) is 5.43 Å². The minimum atomic E-state index is -4.75. The molecule has 0 aromatic heterocycles. The van der Waals surface area contributed by atoms with Crippen LogP contribution in [0.4, 0.5) is 33.3 Å². The lowest BCUT2D eigenvalue weighted by Gasteiger charge is -2.08. The highest BCUT2D eigenvalue weighted by Crippen LogP contribution is 2.34. The van der Waals surface area contributed by atoms with E-state index in [1.165, 1.54) is 0 Å². The summed E-state index contributed by atoms with van der Waals surface area (Å²) in [7, 11) is 0. The van der Waals surface area contributed by atoms with E-state index in [1.807, 2.05) is 0 Å². The van der Waals surface area contributed by atoms with Crippen LogP contribution in [0.2, 0.25) is 0 Å². The van der Waals surface area contributed by atoms with Crippen molar-refractivity contribution in [1.29, 1.82) is 0 Å². The highest BCUT2D eigenvalue weighted by Gasteiger charge is 2.33. The number of hydrogen-bond donors (Lipinski definition) is 1. The third-order valence-electron chi connectivity index (χ3n) is 2.90. The monoisotopic (exact) mass is 345 g/mol. The lowest BCUT2D eigenvalue weighted by atomic mass is 10.1. The fourth-order valence-corrected chi connectivity index (χ4v) is 1.75. The molecule has 0 bridgehead atoms. The second-order valence-electron chi connectivity index (χ2n) is 4.49. The Morgan fingerprint density at radius 3 is 2.29 bits per heavy atom. The van der Waals surface area contributed by atoms with Gasteiger partial charge in [-0.05, 0) is 24.3 Å². The number of nitro benzene ring substituents is 1. The minimum absolute atomic E-state index is 0.335. The fourth-order valence-electron chi connectivity index (χ4n) is 1.75. The van der Waals surface area contributed by atoms with E-state index in [-0.39, 0.29) is 5.69 Å². The zero-order valence-corrected chi connectivity index (χ0v) is 11.6. The number of rotatable bonds is 4. The van der Waals surface area contributed by atoms with E-state index in [1.54, 1.807) is 0 Å². The van der Waals surface area contributed by atoms with Gasteiger partial charge in [0.25, 0.3) is 5.69 Å². The van der Waals surface area contributed by atoms with Crippen LogP contribution >= 0.6 is 0 Å². The summed E-state index contributed by atoms with van der Waals surface area (Å²) in [6, 6.07) is 4.85. The number of nitro groups is 1. The van der Waals surface area contributed by atoms with Crippen molar-refractivity contribution in [2.45, 2.75) is 6.18 Å². The van der Waals surface area contributed by atoms with Crippen molar-refractivity contribution in [2.24, 2.45) is 5.10 Å². The lowest BCUT2D eigenvalue weighted by molar-refractivity contribution is -0.384. The molecule has 2 aromatic carbocycles. The van der Waals surface area contributed by atoms with Crippen molar-refractivity contribution < 1.29 is 26.9 Å². The summed E-state index contributed by atoms with van der Waals surface area (Å²) in [6.45, 7) is 0. The van der Waals surface area contributed by atoms with Gasteiger partial charge >= 0.3 is 6.18 Å². The summed E-state index contributed by atoms with van der Waals surface area (Å²) in [5, 5.41) is 14.3. The molecule has 10 heteroatoms. The van der Waals surface area contributed by atoms with Gasteiger partial charge in [0, 0.05) is 6.07 Å². The van der Waals surface area contributed by atoms with Crippen LogP contribution in [0.3, 0.4) is 0 Å². The predicted molar refractivity (Wildman–Crippen MR) is 75.7 cm³/mol. The maximum absolute atomic E-state index is 13.4. The Kier molecular flexibility index (Phi) is 4.77. The summed E-state index contributed by atoms with van der Waals surface area (Å²) in [4.78, 5) is 9.84. The molecule has 0 aliphatic heterocycles. The van der Waals surface area contributed by atoms with E-state index in [9.17, 15) is 32.1 Å². The van der Waals surface area contributed by atoms with Crippen LogP contribution in [0.5, 0.6) is 0 Å². The zero-order valence-electron chi connectivity index (χ0n) is 11.6. The van der Waals surface area contributed by atoms with Crippen molar-refractivity contribution >= 4 is 17.6 Å². The third kappa shape index (κ3) is 3.83. The van der Waals surface area contributed by atoms with Gasteiger partial charge in [0.1, 0.15) is 17.3 Å². The highest BCUT2D eigenvalue weighted by atomic mass is 19.4. The zero-order chi connectivity index (χ0) is 17.9. The average molecular weight is 345 g/mol. The second kappa shape index (κ2) is 6.60. The summed E-state index contributed by atoms with van der Waals surface area (Å²) in [5.41, 5.74) is -0.841. The number of hydrazone groups is 1. The van der Waals surface area contributed by atoms with Crippen molar-refractivity contribution in [1.82, 2.24) is 0 Å². The summed E-state index contributed by atoms with van der Waals surface area (Å²) in [5.74, 6) is -1.83. The highest BCUT2D eigenvalue weighted by molar-refractivity contribution is 5.81. The molecule has 0 spiro atoms.